The molecule has 0 saturated heterocycles. The topological polar surface area (TPSA) is 38.3 Å². The molecule has 0 aliphatic carbocycles. The highest BCUT2D eigenvalue weighted by molar-refractivity contribution is 6.18. The number of carbonyl (C=O) groups excluding carboxylic acids is 1. The van der Waals surface area contributed by atoms with Gasteiger partial charge in [-0.25, -0.2) is 8.78 Å². The zero-order chi connectivity index (χ0) is 12.8. The summed E-state index contributed by atoms with van der Waals surface area (Å²) in [6.07, 6.45) is 0. The van der Waals surface area contributed by atoms with Gasteiger partial charge in [-0.15, -0.1) is 11.6 Å². The number of benzene rings is 1. The lowest BCUT2D eigenvalue weighted by Crippen LogP contribution is -2.40. The van der Waals surface area contributed by atoms with E-state index in [1.54, 1.807) is 0 Å². The number of ether oxygens (including phenoxy) is 1. The summed E-state index contributed by atoms with van der Waals surface area (Å²) >= 11 is 5.58. The molecular formula is C11H12ClF2NO2. The second kappa shape index (κ2) is 6.51. The highest BCUT2D eigenvalue weighted by Crippen LogP contribution is 2.12. The zero-order valence-electron chi connectivity index (χ0n) is 9.17. The Morgan fingerprint density at radius 2 is 2.06 bits per heavy atom. The number of halogens is 3. The van der Waals surface area contributed by atoms with Crippen LogP contribution >= 0.6 is 11.6 Å². The van der Waals surface area contributed by atoms with Crippen LogP contribution in [0.5, 0.6) is 0 Å². The molecule has 0 aromatic heterocycles. The number of rotatable bonds is 5. The minimum Gasteiger partial charge on any atom is -0.383 e. The number of alkyl halides is 1. The lowest BCUT2D eigenvalue weighted by Gasteiger charge is -2.15. The molecule has 1 aromatic carbocycles. The van der Waals surface area contributed by atoms with Crippen molar-refractivity contribution in [3.8, 4) is 0 Å². The quantitative estimate of drug-likeness (QED) is 0.825. The van der Waals surface area contributed by atoms with Crippen molar-refractivity contribution >= 4 is 17.5 Å². The highest BCUT2D eigenvalue weighted by Gasteiger charge is 2.19. The third kappa shape index (κ3) is 3.64. The van der Waals surface area contributed by atoms with E-state index in [2.05, 4.69) is 5.32 Å². The molecule has 0 aliphatic rings. The summed E-state index contributed by atoms with van der Waals surface area (Å²) in [6, 6.07) is 2.73. The number of methoxy groups -OCH3 is 1. The van der Waals surface area contributed by atoms with Gasteiger partial charge in [0.25, 0.3) is 5.91 Å². The summed E-state index contributed by atoms with van der Waals surface area (Å²) in [6.45, 7) is 0.172. The number of carbonyl (C=O) groups is 1. The van der Waals surface area contributed by atoms with Crippen LogP contribution in [0.25, 0.3) is 0 Å². The molecule has 1 atom stereocenters. The Morgan fingerprint density at radius 1 is 1.47 bits per heavy atom. The fraction of sp³-hybridized carbons (Fsp3) is 0.364. The third-order valence-corrected chi connectivity index (χ3v) is 2.45. The fourth-order valence-corrected chi connectivity index (χ4v) is 1.46. The molecule has 1 rings (SSSR count). The van der Waals surface area contributed by atoms with Gasteiger partial charge in [-0.2, -0.15) is 0 Å². The second-order valence-corrected chi connectivity index (χ2v) is 3.69. The summed E-state index contributed by atoms with van der Waals surface area (Å²) in [5.74, 6) is -2.57. The van der Waals surface area contributed by atoms with Gasteiger partial charge in [0.05, 0.1) is 12.6 Å². The molecule has 1 unspecified atom stereocenters. The fourth-order valence-electron chi connectivity index (χ4n) is 1.30. The van der Waals surface area contributed by atoms with E-state index < -0.39 is 29.1 Å². The monoisotopic (exact) mass is 263 g/mol. The van der Waals surface area contributed by atoms with Crippen molar-refractivity contribution in [2.45, 2.75) is 6.04 Å². The smallest absolute Gasteiger partial charge is 0.257 e. The molecule has 94 valence electrons. The van der Waals surface area contributed by atoms with Gasteiger partial charge in [0.15, 0.2) is 0 Å². The molecule has 17 heavy (non-hydrogen) atoms. The van der Waals surface area contributed by atoms with Crippen molar-refractivity contribution in [2.75, 3.05) is 19.6 Å². The molecule has 0 radical (unpaired) electrons. The van der Waals surface area contributed by atoms with Gasteiger partial charge >= 0.3 is 0 Å². The maximum atomic E-state index is 13.3. The Kier molecular flexibility index (Phi) is 5.31. The van der Waals surface area contributed by atoms with E-state index in [1.807, 2.05) is 0 Å². The van der Waals surface area contributed by atoms with E-state index in [0.717, 1.165) is 12.1 Å². The average molecular weight is 264 g/mol. The third-order valence-electron chi connectivity index (χ3n) is 2.08. The summed E-state index contributed by atoms with van der Waals surface area (Å²) in [5.41, 5.74) is -0.612. The standard InChI is InChI=1S/C11H12ClF2NO2/c1-17-6-7(5-12)15-11(16)10-8(13)3-2-4-9(10)14/h2-4,7H,5-6H2,1H3,(H,15,16). The van der Waals surface area contributed by atoms with Gasteiger partial charge in [-0.3, -0.25) is 4.79 Å². The van der Waals surface area contributed by atoms with E-state index >= 15 is 0 Å². The molecule has 0 aliphatic heterocycles. The van der Waals surface area contributed by atoms with E-state index in [0.29, 0.717) is 0 Å². The molecule has 6 heteroatoms. The summed E-state index contributed by atoms with van der Waals surface area (Å²) in [7, 11) is 1.44. The Bertz CT molecular complexity index is 381. The lowest BCUT2D eigenvalue weighted by molar-refractivity contribution is 0.0898. The first kappa shape index (κ1) is 13.9. The first-order valence-corrected chi connectivity index (χ1v) is 5.43. The molecule has 0 heterocycles. The van der Waals surface area contributed by atoms with Crippen molar-refractivity contribution in [1.82, 2.24) is 5.32 Å². The predicted octanol–water partition coefficient (Wildman–Crippen LogP) is 1.95. The van der Waals surface area contributed by atoms with Crippen LogP contribution in [0.15, 0.2) is 18.2 Å². The largest absolute Gasteiger partial charge is 0.383 e. The SMILES string of the molecule is COCC(CCl)NC(=O)c1c(F)cccc1F. The number of hydrogen-bond acceptors (Lipinski definition) is 2. The second-order valence-electron chi connectivity index (χ2n) is 3.38. The van der Waals surface area contributed by atoms with E-state index in [4.69, 9.17) is 16.3 Å². The molecule has 0 bridgehead atoms. The maximum absolute atomic E-state index is 13.3. The minimum atomic E-state index is -0.909. The van der Waals surface area contributed by atoms with Gasteiger partial charge in [0.2, 0.25) is 0 Å². The average Bonchev–Trinajstić information content (AvgIpc) is 2.28. The van der Waals surface area contributed by atoms with Gasteiger partial charge in [0.1, 0.15) is 17.2 Å². The van der Waals surface area contributed by atoms with Crippen LogP contribution in [-0.4, -0.2) is 31.5 Å². The summed E-state index contributed by atoms with van der Waals surface area (Å²) in [5, 5.41) is 2.39. The summed E-state index contributed by atoms with van der Waals surface area (Å²) < 4.78 is 31.4. The van der Waals surface area contributed by atoms with Gasteiger partial charge < -0.3 is 10.1 Å². The molecule has 1 N–H and O–H groups in total. The first-order valence-electron chi connectivity index (χ1n) is 4.90. The highest BCUT2D eigenvalue weighted by atomic mass is 35.5. The minimum absolute atomic E-state index is 0.0929. The Labute approximate surface area is 103 Å². The first-order chi connectivity index (χ1) is 8.10. The van der Waals surface area contributed by atoms with Crippen molar-refractivity contribution in [3.05, 3.63) is 35.4 Å². The molecular weight excluding hydrogens is 252 g/mol. The van der Waals surface area contributed by atoms with Crippen molar-refractivity contribution < 1.29 is 18.3 Å². The lowest BCUT2D eigenvalue weighted by atomic mass is 10.1. The van der Waals surface area contributed by atoms with Crippen molar-refractivity contribution in [2.24, 2.45) is 0 Å². The normalized spacial score (nSPS) is 12.2. The van der Waals surface area contributed by atoms with Crippen LogP contribution in [0, 0.1) is 11.6 Å². The summed E-state index contributed by atoms with van der Waals surface area (Å²) in [4.78, 5) is 11.6. The molecule has 0 saturated carbocycles. The van der Waals surface area contributed by atoms with Gasteiger partial charge in [-0.1, -0.05) is 6.07 Å². The van der Waals surface area contributed by atoms with Crippen LogP contribution in [0.3, 0.4) is 0 Å². The number of nitrogens with one attached hydrogen (secondary N) is 1. The van der Waals surface area contributed by atoms with Crippen LogP contribution < -0.4 is 5.32 Å². The molecule has 1 aromatic rings. The van der Waals surface area contributed by atoms with Crippen LogP contribution in [0.2, 0.25) is 0 Å². The van der Waals surface area contributed by atoms with E-state index in [-0.39, 0.29) is 12.5 Å². The van der Waals surface area contributed by atoms with Crippen molar-refractivity contribution in [3.63, 3.8) is 0 Å². The Hall–Kier alpha value is -1.20. The zero-order valence-corrected chi connectivity index (χ0v) is 9.93. The van der Waals surface area contributed by atoms with Crippen LogP contribution in [-0.2, 0) is 4.74 Å². The number of hydrogen-bond donors (Lipinski definition) is 1. The molecule has 1 amide bonds. The molecule has 3 nitrogen and oxygen atoms in total. The van der Waals surface area contributed by atoms with E-state index in [9.17, 15) is 13.6 Å². The Balaban J connectivity index is 2.82. The van der Waals surface area contributed by atoms with Gasteiger partial charge in [-0.05, 0) is 12.1 Å². The van der Waals surface area contributed by atoms with Crippen molar-refractivity contribution in [1.29, 1.82) is 0 Å². The van der Waals surface area contributed by atoms with Crippen LogP contribution in [0.1, 0.15) is 10.4 Å². The van der Waals surface area contributed by atoms with E-state index in [1.165, 1.54) is 13.2 Å². The predicted molar refractivity (Wildman–Crippen MR) is 60.2 cm³/mol. The Morgan fingerprint density at radius 3 is 2.53 bits per heavy atom. The maximum Gasteiger partial charge on any atom is 0.257 e. The number of amides is 1. The molecule has 0 fully saturated rings. The van der Waals surface area contributed by atoms with Crippen LogP contribution in [0.4, 0.5) is 8.78 Å². The van der Waals surface area contributed by atoms with Gasteiger partial charge in [0, 0.05) is 13.0 Å². The molecule has 0 spiro atoms.